The van der Waals surface area contributed by atoms with E-state index in [-0.39, 0.29) is 96.8 Å². The third-order valence-corrected chi connectivity index (χ3v) is 6.57. The van der Waals surface area contributed by atoms with Crippen molar-refractivity contribution in [1.82, 2.24) is 61.6 Å². The minimum Gasteiger partial charge on any atom is -0.346 e. The van der Waals surface area contributed by atoms with E-state index in [4.69, 9.17) is 0 Å². The van der Waals surface area contributed by atoms with Crippen LogP contribution in [0.25, 0.3) is 0 Å². The number of aromatic nitrogens is 4. The summed E-state index contributed by atoms with van der Waals surface area (Å²) in [5.41, 5.74) is -1.15. The molecule has 9 amide bonds. The molecule has 0 aliphatic carbocycles. The summed E-state index contributed by atoms with van der Waals surface area (Å²) >= 11 is 0. The molecule has 6 heterocycles. The van der Waals surface area contributed by atoms with Crippen molar-refractivity contribution in [2.75, 3.05) is 46.8 Å². The first-order chi connectivity index (χ1) is 24.8. The summed E-state index contributed by atoms with van der Waals surface area (Å²) in [4.78, 5) is 137. The highest BCUT2D eigenvalue weighted by molar-refractivity contribution is 5.97. The molecule has 290 valence electrons. The number of rotatable bonds is 0. The molecular formula is C29H42N12O12. The summed E-state index contributed by atoms with van der Waals surface area (Å²) in [5, 5.41) is 14.3. The summed E-state index contributed by atoms with van der Waals surface area (Å²) < 4.78 is 0. The molecule has 4 aliphatic rings. The quantitative estimate of drug-likeness (QED) is 0.120. The van der Waals surface area contributed by atoms with Gasteiger partial charge in [-0.2, -0.15) is 0 Å². The maximum absolute atomic E-state index is 10.9. The lowest BCUT2D eigenvalue weighted by molar-refractivity contribution is -0.147. The van der Waals surface area contributed by atoms with E-state index in [1.165, 1.54) is 28.3 Å². The van der Waals surface area contributed by atoms with Gasteiger partial charge < -0.3 is 46.4 Å². The van der Waals surface area contributed by atoms with Crippen LogP contribution < -0.4 is 54.4 Å². The average molecular weight is 751 g/mol. The third kappa shape index (κ3) is 18.1. The number of aryl methyl sites for hydroxylation is 1. The summed E-state index contributed by atoms with van der Waals surface area (Å²) in [6, 6.07) is 0.0788. The molecule has 0 saturated carbocycles. The predicted molar refractivity (Wildman–Crippen MR) is 183 cm³/mol. The zero-order valence-electron chi connectivity index (χ0n) is 29.4. The molecule has 24 heteroatoms. The first-order valence-electron chi connectivity index (χ1n) is 15.5. The topological polar surface area (TPSA) is 347 Å². The lowest BCUT2D eigenvalue weighted by Gasteiger charge is -2.28. The zero-order chi connectivity index (χ0) is 40.2. The molecule has 4 saturated heterocycles. The average Bonchev–Trinajstić information content (AvgIpc) is 3.07. The highest BCUT2D eigenvalue weighted by atomic mass is 16.2. The number of carbonyl (C=O) groups excluding carboxylic acids is 8. The fourth-order valence-electron chi connectivity index (χ4n) is 3.50. The van der Waals surface area contributed by atoms with Crippen LogP contribution in [-0.4, -0.2) is 136 Å². The van der Waals surface area contributed by atoms with Gasteiger partial charge >= 0.3 is 17.4 Å². The van der Waals surface area contributed by atoms with Gasteiger partial charge in [0.15, 0.2) is 0 Å². The van der Waals surface area contributed by atoms with Crippen molar-refractivity contribution in [3.63, 3.8) is 0 Å². The van der Waals surface area contributed by atoms with Gasteiger partial charge in [-0.05, 0) is 20.8 Å². The Morgan fingerprint density at radius 1 is 0.642 bits per heavy atom. The molecule has 53 heavy (non-hydrogen) atoms. The Kier molecular flexibility index (Phi) is 18.4. The number of urea groups is 1. The van der Waals surface area contributed by atoms with Crippen molar-refractivity contribution >= 4 is 47.4 Å². The van der Waals surface area contributed by atoms with Crippen molar-refractivity contribution in [1.29, 1.82) is 0 Å². The first-order valence-corrected chi connectivity index (χ1v) is 15.5. The molecule has 2 atom stereocenters. The summed E-state index contributed by atoms with van der Waals surface area (Å²) in [5.74, 6) is -0.675. The van der Waals surface area contributed by atoms with Gasteiger partial charge in [0, 0.05) is 51.1 Å². The van der Waals surface area contributed by atoms with Crippen LogP contribution in [-0.2, 0) is 33.6 Å². The van der Waals surface area contributed by atoms with Crippen LogP contribution in [0.3, 0.4) is 0 Å². The van der Waals surface area contributed by atoms with Crippen molar-refractivity contribution in [3.8, 4) is 0 Å². The Bertz CT molecular complexity index is 1730. The molecule has 4 fully saturated rings. The minimum atomic E-state index is -0.475. The number of imide groups is 1. The SMILES string of the molecule is CC1NC(=O)C(C)NC1=O.CN1CC(=O)N(C)CC1=O.Cc1c[nH]c(=O)[nH]c1=O.O=C1CCNC(=O)N1.O=C1CNC(=O)CN1.O=c1cc[nH]c(=O)[nH]1. The maximum atomic E-state index is 10.9. The van der Waals surface area contributed by atoms with E-state index in [1.54, 1.807) is 34.9 Å². The Labute approximate surface area is 299 Å². The van der Waals surface area contributed by atoms with Crippen LogP contribution in [0.2, 0.25) is 0 Å². The van der Waals surface area contributed by atoms with Gasteiger partial charge in [-0.15, -0.1) is 0 Å². The predicted octanol–water partition coefficient (Wildman–Crippen LogP) is -6.19. The second-order valence-corrected chi connectivity index (χ2v) is 11.1. The lowest BCUT2D eigenvalue weighted by atomic mass is 10.2. The summed E-state index contributed by atoms with van der Waals surface area (Å²) in [6.45, 7) is 6.07. The maximum Gasteiger partial charge on any atom is 0.325 e. The van der Waals surface area contributed by atoms with Crippen molar-refractivity contribution in [2.45, 2.75) is 39.3 Å². The van der Waals surface area contributed by atoms with Crippen molar-refractivity contribution in [2.24, 2.45) is 0 Å². The highest BCUT2D eigenvalue weighted by Gasteiger charge is 2.27. The molecule has 4 aliphatic heterocycles. The Balaban J connectivity index is 0.000000319. The standard InChI is InChI=1S/2C6H10N2O2.C5H6N2O2.2C4H6N2O2.C4H4N2O2/c1-7-3-6(10)8(2)4-5(7)9;1-3-5(9)8-4(2)6(10)7-3;1-3-2-6-5(9)7-4(3)8;7-3-1-5-4(8)2-6-3;2*7-3-1-2-5-4(8)6-3/h3-4H2,1-2H3;3-4H,1-2H3,(H,7,10)(H,8,9);2H,1H3,(H2,6,7,8,9);1-2H2,(H,5,8)(H,6,7);1-2H2,(H2,5,6,7,8);1-2H,(H2,5,6,7,8). The van der Waals surface area contributed by atoms with Crippen LogP contribution in [0.15, 0.2) is 37.6 Å². The number of hydrogen-bond donors (Lipinski definition) is 10. The summed E-state index contributed by atoms with van der Waals surface area (Å²) in [6.07, 6.45) is 3.06. The Hall–Kier alpha value is -6.88. The van der Waals surface area contributed by atoms with Crippen LogP contribution in [0.4, 0.5) is 4.79 Å². The molecule has 2 aromatic heterocycles. The molecule has 6 rings (SSSR count). The molecule has 10 N–H and O–H groups in total. The number of piperazine rings is 3. The monoisotopic (exact) mass is 750 g/mol. The first kappa shape index (κ1) is 44.1. The van der Waals surface area contributed by atoms with Gasteiger partial charge in [0.05, 0.1) is 26.2 Å². The van der Waals surface area contributed by atoms with Crippen molar-refractivity contribution in [3.05, 3.63) is 65.7 Å². The number of nitrogens with zero attached hydrogens (tertiary/aromatic N) is 2. The van der Waals surface area contributed by atoms with Gasteiger partial charge in [0.1, 0.15) is 12.1 Å². The second kappa shape index (κ2) is 22.0. The number of carbonyl (C=O) groups is 8. The van der Waals surface area contributed by atoms with E-state index in [2.05, 4.69) is 46.9 Å². The highest BCUT2D eigenvalue weighted by Crippen LogP contribution is 1.98. The third-order valence-electron chi connectivity index (χ3n) is 6.57. The van der Waals surface area contributed by atoms with E-state index < -0.39 is 11.4 Å². The molecular weight excluding hydrogens is 708 g/mol. The number of amides is 9. The van der Waals surface area contributed by atoms with Crippen LogP contribution in [0, 0.1) is 6.92 Å². The van der Waals surface area contributed by atoms with Crippen LogP contribution in [0.5, 0.6) is 0 Å². The van der Waals surface area contributed by atoms with Gasteiger partial charge in [0.2, 0.25) is 41.4 Å². The van der Waals surface area contributed by atoms with Crippen molar-refractivity contribution < 1.29 is 38.4 Å². The number of likely N-dealkylation sites (N-methyl/N-ethyl adjacent to an activating group) is 2. The minimum absolute atomic E-state index is 0.00194. The molecule has 0 bridgehead atoms. The fourth-order valence-corrected chi connectivity index (χ4v) is 3.50. The normalized spacial score (nSPS) is 18.9. The van der Waals surface area contributed by atoms with E-state index >= 15 is 0 Å². The molecule has 0 radical (unpaired) electrons. The van der Waals surface area contributed by atoms with E-state index in [9.17, 15) is 57.5 Å². The molecule has 0 aromatic carbocycles. The van der Waals surface area contributed by atoms with Gasteiger partial charge in [-0.25, -0.2) is 14.4 Å². The largest absolute Gasteiger partial charge is 0.346 e. The molecule has 24 nitrogen and oxygen atoms in total. The van der Waals surface area contributed by atoms with Crippen LogP contribution in [0.1, 0.15) is 25.8 Å². The smallest absolute Gasteiger partial charge is 0.325 e. The fraction of sp³-hybridized carbons (Fsp3) is 0.448. The zero-order valence-corrected chi connectivity index (χ0v) is 29.4. The number of hydrogen-bond acceptors (Lipinski definition) is 12. The number of nitrogens with one attached hydrogen (secondary N) is 10. The van der Waals surface area contributed by atoms with Gasteiger partial charge in [-0.1, -0.05) is 0 Å². The Morgan fingerprint density at radius 2 is 1.13 bits per heavy atom. The van der Waals surface area contributed by atoms with E-state index in [1.807, 2.05) is 4.98 Å². The van der Waals surface area contributed by atoms with Gasteiger partial charge in [0.25, 0.3) is 11.1 Å². The number of H-pyrrole nitrogens is 4. The number of aromatic amines is 4. The molecule has 2 aromatic rings. The second-order valence-electron chi connectivity index (χ2n) is 11.1. The Morgan fingerprint density at radius 3 is 1.47 bits per heavy atom. The van der Waals surface area contributed by atoms with Crippen LogP contribution >= 0.6 is 0 Å². The van der Waals surface area contributed by atoms with Gasteiger partial charge in [-0.3, -0.25) is 58.4 Å². The molecule has 2 unspecified atom stereocenters. The van der Waals surface area contributed by atoms with E-state index in [0.29, 0.717) is 18.5 Å². The summed E-state index contributed by atoms with van der Waals surface area (Å²) in [7, 11) is 3.26. The van der Waals surface area contributed by atoms with E-state index in [0.717, 1.165) is 0 Å². The molecule has 0 spiro atoms. The lowest BCUT2D eigenvalue weighted by Crippen LogP contribution is -2.59.